The van der Waals surface area contributed by atoms with Gasteiger partial charge in [0.15, 0.2) is 5.78 Å². The van der Waals surface area contributed by atoms with Crippen LogP contribution in [-0.4, -0.2) is 67.1 Å². The zero-order valence-electron chi connectivity index (χ0n) is 12.1. The molecule has 2 rings (SSSR count). The maximum Gasteiger partial charge on any atom is 0.180 e. The molecule has 0 radical (unpaired) electrons. The normalized spacial score (nSPS) is 17.1. The number of rotatable bonds is 5. The molecule has 1 N–H and O–H groups in total. The molecule has 1 aromatic rings. The molecule has 0 aromatic heterocycles. The van der Waals surface area contributed by atoms with Crippen LogP contribution in [0.15, 0.2) is 18.2 Å². The van der Waals surface area contributed by atoms with E-state index in [1.807, 2.05) is 6.92 Å². The van der Waals surface area contributed by atoms with Crippen LogP contribution in [0.25, 0.3) is 0 Å². The van der Waals surface area contributed by atoms with Crippen LogP contribution < -0.4 is 4.74 Å². The third kappa shape index (κ3) is 3.71. The summed E-state index contributed by atoms with van der Waals surface area (Å²) in [6.45, 7) is 6.50. The highest BCUT2D eigenvalue weighted by molar-refractivity contribution is 6.00. The molecule has 1 fully saturated rings. The molecule has 1 aliphatic heterocycles. The second kappa shape index (κ2) is 6.72. The Kier molecular flexibility index (Phi) is 4.98. The number of ketones is 1. The molecule has 0 spiro atoms. The standard InChI is InChI=1S/C15H22N2O3/c1-3-20-12-4-5-13(14(18)10-12)15(19)11-17-8-6-16(2)7-9-17/h4-5,10,18H,3,6-9,11H2,1-2H3. The van der Waals surface area contributed by atoms with Crippen LogP contribution in [-0.2, 0) is 0 Å². The molecule has 1 saturated heterocycles. The topological polar surface area (TPSA) is 53.0 Å². The summed E-state index contributed by atoms with van der Waals surface area (Å²) < 4.78 is 5.30. The Morgan fingerprint density at radius 1 is 1.30 bits per heavy atom. The maximum atomic E-state index is 12.2. The van der Waals surface area contributed by atoms with Crippen molar-refractivity contribution in [2.24, 2.45) is 0 Å². The molecule has 0 amide bonds. The number of hydrogen-bond donors (Lipinski definition) is 1. The minimum Gasteiger partial charge on any atom is -0.507 e. The van der Waals surface area contributed by atoms with Gasteiger partial charge >= 0.3 is 0 Å². The maximum absolute atomic E-state index is 12.2. The Morgan fingerprint density at radius 2 is 2.00 bits per heavy atom. The summed E-state index contributed by atoms with van der Waals surface area (Å²) in [5, 5.41) is 9.93. The quantitative estimate of drug-likeness (QED) is 0.821. The molecule has 0 bridgehead atoms. The van der Waals surface area contributed by atoms with Gasteiger partial charge in [-0.2, -0.15) is 0 Å². The molecular formula is C15H22N2O3. The van der Waals surface area contributed by atoms with Gasteiger partial charge in [0.1, 0.15) is 11.5 Å². The van der Waals surface area contributed by atoms with E-state index < -0.39 is 0 Å². The molecular weight excluding hydrogens is 256 g/mol. The zero-order valence-corrected chi connectivity index (χ0v) is 12.1. The number of carbonyl (C=O) groups is 1. The average molecular weight is 278 g/mol. The van der Waals surface area contributed by atoms with Crippen LogP contribution in [0.4, 0.5) is 0 Å². The molecule has 5 nitrogen and oxygen atoms in total. The van der Waals surface area contributed by atoms with Crippen molar-refractivity contribution in [3.63, 3.8) is 0 Å². The van der Waals surface area contributed by atoms with E-state index in [1.54, 1.807) is 12.1 Å². The zero-order chi connectivity index (χ0) is 14.5. The molecule has 0 unspecified atom stereocenters. The van der Waals surface area contributed by atoms with E-state index in [4.69, 9.17) is 4.74 Å². The molecule has 0 aliphatic carbocycles. The van der Waals surface area contributed by atoms with Crippen LogP contribution in [0.2, 0.25) is 0 Å². The van der Waals surface area contributed by atoms with E-state index in [0.717, 1.165) is 26.2 Å². The van der Waals surface area contributed by atoms with Gasteiger partial charge in [-0.05, 0) is 26.1 Å². The molecule has 110 valence electrons. The van der Waals surface area contributed by atoms with Crippen molar-refractivity contribution < 1.29 is 14.6 Å². The monoisotopic (exact) mass is 278 g/mol. The van der Waals surface area contributed by atoms with Gasteiger partial charge in [-0.15, -0.1) is 0 Å². The number of phenolic OH excluding ortho intramolecular Hbond substituents is 1. The summed E-state index contributed by atoms with van der Waals surface area (Å²) in [5.74, 6) is 0.534. The number of hydrogen-bond acceptors (Lipinski definition) is 5. The Balaban J connectivity index is 1.98. The lowest BCUT2D eigenvalue weighted by Gasteiger charge is -2.31. The number of carbonyl (C=O) groups excluding carboxylic acids is 1. The number of benzene rings is 1. The van der Waals surface area contributed by atoms with E-state index in [9.17, 15) is 9.90 Å². The number of likely N-dealkylation sites (N-methyl/N-ethyl adjacent to an activating group) is 1. The van der Waals surface area contributed by atoms with Crippen molar-refractivity contribution in [3.05, 3.63) is 23.8 Å². The molecule has 20 heavy (non-hydrogen) atoms. The Bertz CT molecular complexity index is 468. The number of nitrogens with zero attached hydrogens (tertiary/aromatic N) is 2. The largest absolute Gasteiger partial charge is 0.507 e. The van der Waals surface area contributed by atoms with Gasteiger partial charge in [-0.25, -0.2) is 0 Å². The van der Waals surface area contributed by atoms with Gasteiger partial charge in [0.25, 0.3) is 0 Å². The molecule has 1 heterocycles. The first kappa shape index (κ1) is 14.8. The highest BCUT2D eigenvalue weighted by atomic mass is 16.5. The Morgan fingerprint density at radius 3 is 2.60 bits per heavy atom. The second-order valence-corrected chi connectivity index (χ2v) is 5.11. The third-order valence-electron chi connectivity index (χ3n) is 3.54. The number of ether oxygens (including phenoxy) is 1. The van der Waals surface area contributed by atoms with E-state index in [-0.39, 0.29) is 11.5 Å². The highest BCUT2D eigenvalue weighted by Crippen LogP contribution is 2.24. The summed E-state index contributed by atoms with van der Waals surface area (Å²) in [5.41, 5.74) is 0.368. The fraction of sp³-hybridized carbons (Fsp3) is 0.533. The van der Waals surface area contributed by atoms with Gasteiger partial charge < -0.3 is 14.7 Å². The fourth-order valence-corrected chi connectivity index (χ4v) is 2.30. The number of phenols is 1. The van der Waals surface area contributed by atoms with Gasteiger partial charge in [-0.3, -0.25) is 9.69 Å². The first-order valence-corrected chi connectivity index (χ1v) is 7.00. The summed E-state index contributed by atoms with van der Waals surface area (Å²) in [7, 11) is 2.08. The van der Waals surface area contributed by atoms with Gasteiger partial charge in [0.2, 0.25) is 0 Å². The predicted molar refractivity (Wildman–Crippen MR) is 77.5 cm³/mol. The van der Waals surface area contributed by atoms with Crippen molar-refractivity contribution in [1.29, 1.82) is 0 Å². The van der Waals surface area contributed by atoms with Gasteiger partial charge in [0, 0.05) is 32.2 Å². The fourth-order valence-electron chi connectivity index (χ4n) is 2.30. The SMILES string of the molecule is CCOc1ccc(C(=O)CN2CCN(C)CC2)c(O)c1. The lowest BCUT2D eigenvalue weighted by Crippen LogP contribution is -2.46. The van der Waals surface area contributed by atoms with Crippen LogP contribution in [0.5, 0.6) is 11.5 Å². The Hall–Kier alpha value is -1.59. The molecule has 0 atom stereocenters. The summed E-state index contributed by atoms with van der Waals surface area (Å²) in [6.07, 6.45) is 0. The number of piperazine rings is 1. The van der Waals surface area contributed by atoms with E-state index in [1.165, 1.54) is 6.07 Å². The summed E-state index contributed by atoms with van der Waals surface area (Å²) in [4.78, 5) is 16.6. The predicted octanol–water partition coefficient (Wildman–Crippen LogP) is 1.22. The minimum atomic E-state index is -0.0462. The lowest BCUT2D eigenvalue weighted by molar-refractivity contribution is 0.0874. The molecule has 5 heteroatoms. The van der Waals surface area contributed by atoms with Crippen molar-refractivity contribution in [3.8, 4) is 11.5 Å². The van der Waals surface area contributed by atoms with Crippen LogP contribution >= 0.6 is 0 Å². The first-order chi connectivity index (χ1) is 9.60. The molecule has 0 saturated carbocycles. The van der Waals surface area contributed by atoms with Crippen molar-refractivity contribution in [2.45, 2.75) is 6.92 Å². The van der Waals surface area contributed by atoms with Gasteiger partial charge in [0.05, 0.1) is 18.7 Å². The van der Waals surface area contributed by atoms with Crippen LogP contribution in [0.1, 0.15) is 17.3 Å². The van der Waals surface area contributed by atoms with Crippen molar-refractivity contribution in [1.82, 2.24) is 9.80 Å². The smallest absolute Gasteiger partial charge is 0.180 e. The first-order valence-electron chi connectivity index (χ1n) is 7.00. The lowest BCUT2D eigenvalue weighted by atomic mass is 10.1. The van der Waals surface area contributed by atoms with Crippen molar-refractivity contribution >= 4 is 5.78 Å². The molecule has 1 aromatic carbocycles. The number of Topliss-reactive ketones (excluding diaryl/α,β-unsaturated/α-hetero) is 1. The number of aromatic hydroxyl groups is 1. The van der Waals surface area contributed by atoms with E-state index in [2.05, 4.69) is 16.8 Å². The highest BCUT2D eigenvalue weighted by Gasteiger charge is 2.19. The van der Waals surface area contributed by atoms with E-state index >= 15 is 0 Å². The summed E-state index contributed by atoms with van der Waals surface area (Å²) in [6, 6.07) is 4.86. The summed E-state index contributed by atoms with van der Waals surface area (Å²) >= 11 is 0. The Labute approximate surface area is 119 Å². The van der Waals surface area contributed by atoms with Crippen LogP contribution in [0, 0.1) is 0 Å². The third-order valence-corrected chi connectivity index (χ3v) is 3.54. The second-order valence-electron chi connectivity index (χ2n) is 5.11. The van der Waals surface area contributed by atoms with E-state index in [0.29, 0.717) is 24.5 Å². The van der Waals surface area contributed by atoms with Crippen LogP contribution in [0.3, 0.4) is 0 Å². The molecule has 1 aliphatic rings. The minimum absolute atomic E-state index is 0.00456. The van der Waals surface area contributed by atoms with Crippen molar-refractivity contribution in [2.75, 3.05) is 46.4 Å². The van der Waals surface area contributed by atoms with Gasteiger partial charge in [-0.1, -0.05) is 0 Å². The average Bonchev–Trinajstić information content (AvgIpc) is 2.42.